The zero-order valence-electron chi connectivity index (χ0n) is 8.93. The molecule has 1 aromatic carbocycles. The topological polar surface area (TPSA) is 74.9 Å². The largest absolute Gasteiger partial charge is 0.387 e. The molecule has 0 fully saturated rings. The van der Waals surface area contributed by atoms with Crippen LogP contribution in [0.4, 0.5) is 0 Å². The van der Waals surface area contributed by atoms with Gasteiger partial charge in [0, 0.05) is 5.56 Å². The van der Waals surface area contributed by atoms with Crippen LogP contribution in [0.15, 0.2) is 36.4 Å². The van der Waals surface area contributed by atoms with Crippen molar-refractivity contribution in [3.05, 3.63) is 42.1 Å². The van der Waals surface area contributed by atoms with Gasteiger partial charge in [0.2, 0.25) is 0 Å². The van der Waals surface area contributed by atoms with Crippen molar-refractivity contribution in [2.75, 3.05) is 6.54 Å². The molecule has 0 radical (unpaired) electrons. The Morgan fingerprint density at radius 3 is 2.75 bits per heavy atom. The summed E-state index contributed by atoms with van der Waals surface area (Å²) in [5.41, 5.74) is 7.97. The van der Waals surface area contributed by atoms with E-state index >= 15 is 0 Å². The highest BCUT2D eigenvalue weighted by Gasteiger charge is 2.10. The van der Waals surface area contributed by atoms with Crippen molar-refractivity contribution >= 4 is 0 Å². The van der Waals surface area contributed by atoms with Crippen molar-refractivity contribution in [3.63, 3.8) is 0 Å². The van der Waals surface area contributed by atoms with Crippen LogP contribution in [0.2, 0.25) is 0 Å². The summed E-state index contributed by atoms with van der Waals surface area (Å²) in [4.78, 5) is 0. The Morgan fingerprint density at radius 2 is 2.06 bits per heavy atom. The second-order valence-electron chi connectivity index (χ2n) is 3.67. The van der Waals surface area contributed by atoms with Crippen LogP contribution in [0.1, 0.15) is 18.2 Å². The number of nitrogens with zero attached hydrogens (tertiary/aromatic N) is 1. The molecule has 84 valence electrons. The second-order valence-corrected chi connectivity index (χ2v) is 3.67. The fourth-order valence-corrected chi connectivity index (χ4v) is 1.58. The van der Waals surface area contributed by atoms with Crippen LogP contribution in [0.25, 0.3) is 11.3 Å². The molecule has 0 aliphatic carbocycles. The van der Waals surface area contributed by atoms with Crippen molar-refractivity contribution < 1.29 is 5.11 Å². The van der Waals surface area contributed by atoms with E-state index in [2.05, 4.69) is 10.2 Å². The Balaban J connectivity index is 2.20. The fraction of sp³-hybridized carbons (Fsp3) is 0.250. The Morgan fingerprint density at radius 1 is 1.31 bits per heavy atom. The van der Waals surface area contributed by atoms with E-state index in [1.165, 1.54) is 0 Å². The number of aromatic amines is 1. The minimum Gasteiger partial charge on any atom is -0.387 e. The van der Waals surface area contributed by atoms with Crippen LogP contribution in [-0.4, -0.2) is 21.8 Å². The van der Waals surface area contributed by atoms with Gasteiger partial charge in [0.05, 0.1) is 17.5 Å². The van der Waals surface area contributed by atoms with Crippen LogP contribution in [0, 0.1) is 0 Å². The molecule has 1 atom stereocenters. The normalized spacial score (nSPS) is 12.6. The summed E-state index contributed by atoms with van der Waals surface area (Å²) in [6.07, 6.45) is -0.0221. The van der Waals surface area contributed by atoms with Gasteiger partial charge in [-0.15, -0.1) is 0 Å². The summed E-state index contributed by atoms with van der Waals surface area (Å²) in [6, 6.07) is 11.7. The molecule has 1 heterocycles. The summed E-state index contributed by atoms with van der Waals surface area (Å²) in [5, 5.41) is 16.7. The smallest absolute Gasteiger partial charge is 0.0966 e. The van der Waals surface area contributed by atoms with Gasteiger partial charge in [0.15, 0.2) is 0 Å². The number of aliphatic hydroxyl groups excluding tert-OH is 1. The van der Waals surface area contributed by atoms with Gasteiger partial charge in [0.1, 0.15) is 0 Å². The average molecular weight is 217 g/mol. The molecule has 2 rings (SSSR count). The maximum absolute atomic E-state index is 9.73. The number of hydrogen-bond acceptors (Lipinski definition) is 3. The summed E-state index contributed by atoms with van der Waals surface area (Å²) in [7, 11) is 0. The minimum atomic E-state index is -0.560. The number of benzene rings is 1. The van der Waals surface area contributed by atoms with Crippen molar-refractivity contribution in [3.8, 4) is 11.3 Å². The molecular weight excluding hydrogens is 202 g/mol. The van der Waals surface area contributed by atoms with E-state index in [-0.39, 0.29) is 0 Å². The van der Waals surface area contributed by atoms with Crippen molar-refractivity contribution in [2.45, 2.75) is 12.5 Å². The SMILES string of the molecule is NCC[C@H](O)c1cc(-c2ccccc2)n[nH]1. The number of nitrogens with one attached hydrogen (secondary N) is 1. The van der Waals surface area contributed by atoms with Crippen LogP contribution < -0.4 is 5.73 Å². The van der Waals surface area contributed by atoms with E-state index in [0.29, 0.717) is 18.7 Å². The molecular formula is C12H15N3O. The van der Waals surface area contributed by atoms with Crippen molar-refractivity contribution in [2.24, 2.45) is 5.73 Å². The van der Waals surface area contributed by atoms with Crippen LogP contribution in [-0.2, 0) is 0 Å². The Bertz CT molecular complexity index is 439. The highest BCUT2D eigenvalue weighted by molar-refractivity contribution is 5.58. The third-order valence-corrected chi connectivity index (χ3v) is 2.47. The zero-order valence-corrected chi connectivity index (χ0v) is 8.93. The van der Waals surface area contributed by atoms with Crippen LogP contribution >= 0.6 is 0 Å². The molecule has 16 heavy (non-hydrogen) atoms. The van der Waals surface area contributed by atoms with E-state index in [9.17, 15) is 5.11 Å². The molecule has 0 saturated heterocycles. The monoisotopic (exact) mass is 217 g/mol. The fourth-order valence-electron chi connectivity index (χ4n) is 1.58. The molecule has 0 aliphatic heterocycles. The predicted octanol–water partition coefficient (Wildman–Crippen LogP) is 1.46. The summed E-state index contributed by atoms with van der Waals surface area (Å²) in [6.45, 7) is 0.459. The van der Waals surface area contributed by atoms with Crippen LogP contribution in [0.3, 0.4) is 0 Å². The number of aliphatic hydroxyl groups is 1. The summed E-state index contributed by atoms with van der Waals surface area (Å²) >= 11 is 0. The lowest BCUT2D eigenvalue weighted by Crippen LogP contribution is -2.06. The van der Waals surface area contributed by atoms with E-state index < -0.39 is 6.10 Å². The van der Waals surface area contributed by atoms with Gasteiger partial charge in [-0.2, -0.15) is 5.10 Å². The quantitative estimate of drug-likeness (QED) is 0.725. The Kier molecular flexibility index (Phi) is 3.34. The number of aromatic nitrogens is 2. The lowest BCUT2D eigenvalue weighted by Gasteiger charge is -2.04. The van der Waals surface area contributed by atoms with Gasteiger partial charge in [-0.25, -0.2) is 0 Å². The van der Waals surface area contributed by atoms with E-state index in [4.69, 9.17) is 5.73 Å². The standard InChI is InChI=1S/C12H15N3O/c13-7-6-12(16)11-8-10(14-15-11)9-4-2-1-3-5-9/h1-5,8,12,16H,6-7,13H2,(H,14,15)/t12-/m0/s1. The van der Waals surface area contributed by atoms with Gasteiger partial charge in [-0.1, -0.05) is 30.3 Å². The van der Waals surface area contributed by atoms with E-state index in [1.807, 2.05) is 36.4 Å². The molecule has 0 aliphatic rings. The summed E-state index contributed by atoms with van der Waals surface area (Å²) in [5.74, 6) is 0. The molecule has 0 amide bonds. The van der Waals surface area contributed by atoms with E-state index in [0.717, 1.165) is 11.3 Å². The lowest BCUT2D eigenvalue weighted by molar-refractivity contribution is 0.165. The first-order valence-electron chi connectivity index (χ1n) is 5.30. The number of nitrogens with two attached hydrogens (primary N) is 1. The van der Waals surface area contributed by atoms with Gasteiger partial charge in [-0.05, 0) is 19.0 Å². The lowest BCUT2D eigenvalue weighted by atomic mass is 10.1. The van der Waals surface area contributed by atoms with Gasteiger partial charge in [-0.3, -0.25) is 5.10 Å². The van der Waals surface area contributed by atoms with Crippen molar-refractivity contribution in [1.82, 2.24) is 10.2 Å². The number of hydrogen-bond donors (Lipinski definition) is 3. The maximum Gasteiger partial charge on any atom is 0.0966 e. The zero-order chi connectivity index (χ0) is 11.4. The highest BCUT2D eigenvalue weighted by Crippen LogP contribution is 2.21. The molecule has 0 spiro atoms. The first-order chi connectivity index (χ1) is 7.81. The van der Waals surface area contributed by atoms with Gasteiger partial charge < -0.3 is 10.8 Å². The van der Waals surface area contributed by atoms with Crippen LogP contribution in [0.5, 0.6) is 0 Å². The third kappa shape index (κ3) is 2.29. The van der Waals surface area contributed by atoms with Crippen molar-refractivity contribution in [1.29, 1.82) is 0 Å². The number of H-pyrrole nitrogens is 1. The first kappa shape index (κ1) is 10.9. The molecule has 1 aromatic heterocycles. The Labute approximate surface area is 94.1 Å². The average Bonchev–Trinajstić information content (AvgIpc) is 2.80. The molecule has 4 N–H and O–H groups in total. The molecule has 0 saturated carbocycles. The predicted molar refractivity (Wildman–Crippen MR) is 62.7 cm³/mol. The minimum absolute atomic E-state index is 0.459. The van der Waals surface area contributed by atoms with Gasteiger partial charge in [0.25, 0.3) is 0 Å². The summed E-state index contributed by atoms with van der Waals surface area (Å²) < 4.78 is 0. The number of rotatable bonds is 4. The first-order valence-corrected chi connectivity index (χ1v) is 5.30. The third-order valence-electron chi connectivity index (χ3n) is 2.47. The van der Waals surface area contributed by atoms with Gasteiger partial charge >= 0.3 is 0 Å². The Hall–Kier alpha value is -1.65. The maximum atomic E-state index is 9.73. The molecule has 4 nitrogen and oxygen atoms in total. The molecule has 4 heteroatoms. The highest BCUT2D eigenvalue weighted by atomic mass is 16.3. The van der Waals surface area contributed by atoms with E-state index in [1.54, 1.807) is 0 Å². The molecule has 0 bridgehead atoms. The molecule has 2 aromatic rings. The second kappa shape index (κ2) is 4.92. The molecule has 0 unspecified atom stereocenters.